The zero-order chi connectivity index (χ0) is 13.2. The first-order chi connectivity index (χ1) is 9.24. The summed E-state index contributed by atoms with van der Waals surface area (Å²) in [7, 11) is 0. The third-order valence-electron chi connectivity index (χ3n) is 3.46. The molecule has 0 fully saturated rings. The van der Waals surface area contributed by atoms with E-state index in [4.69, 9.17) is 0 Å². The first kappa shape index (κ1) is 12.9. The van der Waals surface area contributed by atoms with E-state index < -0.39 is 0 Å². The van der Waals surface area contributed by atoms with Crippen molar-refractivity contribution in [2.45, 2.75) is 18.2 Å². The number of rotatable bonds is 3. The van der Waals surface area contributed by atoms with Crippen molar-refractivity contribution >= 4 is 38.0 Å². The Labute approximate surface area is 126 Å². The van der Waals surface area contributed by atoms with Gasteiger partial charge in [-0.2, -0.15) is 11.3 Å². The maximum absolute atomic E-state index is 3.82. The minimum absolute atomic E-state index is 0.403. The van der Waals surface area contributed by atoms with Gasteiger partial charge in [0.2, 0.25) is 0 Å². The average molecular weight is 331 g/mol. The van der Waals surface area contributed by atoms with Gasteiger partial charge < -0.3 is 0 Å². The maximum atomic E-state index is 3.82. The van der Waals surface area contributed by atoms with E-state index in [1.165, 1.54) is 27.5 Å². The molecule has 19 heavy (non-hydrogen) atoms. The summed E-state index contributed by atoms with van der Waals surface area (Å²) in [5, 5.41) is 7.09. The van der Waals surface area contributed by atoms with Gasteiger partial charge in [-0.15, -0.1) is 0 Å². The van der Waals surface area contributed by atoms with Crippen LogP contribution in [0.1, 0.15) is 21.5 Å². The van der Waals surface area contributed by atoms with Crippen LogP contribution in [-0.2, 0) is 6.42 Å². The Morgan fingerprint density at radius 2 is 1.84 bits per heavy atom. The summed E-state index contributed by atoms with van der Waals surface area (Å²) in [6, 6.07) is 15.3. The van der Waals surface area contributed by atoms with Crippen molar-refractivity contribution in [2.24, 2.45) is 0 Å². The first-order valence-electron chi connectivity index (χ1n) is 6.38. The first-order valence-corrected chi connectivity index (χ1v) is 8.24. The second-order valence-electron chi connectivity index (χ2n) is 4.86. The Bertz CT molecular complexity index is 699. The predicted octanol–water partition coefficient (Wildman–Crippen LogP) is 5.89. The molecular formula is C17H15BrS. The zero-order valence-electron chi connectivity index (χ0n) is 10.8. The number of thiophene rings is 1. The molecule has 3 rings (SSSR count). The highest BCUT2D eigenvalue weighted by Crippen LogP contribution is 2.32. The van der Waals surface area contributed by atoms with Crippen molar-refractivity contribution in [3.63, 3.8) is 0 Å². The maximum Gasteiger partial charge on any atom is 0.0446 e. The van der Waals surface area contributed by atoms with Gasteiger partial charge in [0.15, 0.2) is 0 Å². The molecule has 0 aliphatic carbocycles. The fraction of sp³-hybridized carbons (Fsp3) is 0.176. The van der Waals surface area contributed by atoms with E-state index >= 15 is 0 Å². The molecule has 0 radical (unpaired) electrons. The molecule has 0 aliphatic heterocycles. The van der Waals surface area contributed by atoms with Crippen LogP contribution in [0, 0.1) is 6.92 Å². The molecule has 0 aliphatic rings. The molecule has 2 heteroatoms. The molecule has 96 valence electrons. The van der Waals surface area contributed by atoms with Gasteiger partial charge in [-0.05, 0) is 51.6 Å². The highest BCUT2D eigenvalue weighted by Gasteiger charge is 2.12. The third kappa shape index (κ3) is 2.75. The zero-order valence-corrected chi connectivity index (χ0v) is 13.2. The molecule has 0 saturated heterocycles. The Balaban J connectivity index is 1.87. The van der Waals surface area contributed by atoms with Crippen LogP contribution in [0.25, 0.3) is 10.8 Å². The summed E-state index contributed by atoms with van der Waals surface area (Å²) in [6.45, 7) is 2.18. The summed E-state index contributed by atoms with van der Waals surface area (Å²) in [5.41, 5.74) is 4.18. The molecule has 1 aromatic heterocycles. The van der Waals surface area contributed by atoms with Gasteiger partial charge in [-0.25, -0.2) is 0 Å². The fourth-order valence-corrected chi connectivity index (χ4v) is 4.32. The van der Waals surface area contributed by atoms with Gasteiger partial charge in [0, 0.05) is 4.83 Å². The van der Waals surface area contributed by atoms with Crippen molar-refractivity contribution in [3.8, 4) is 0 Å². The summed E-state index contributed by atoms with van der Waals surface area (Å²) in [6.07, 6.45) is 1.03. The summed E-state index contributed by atoms with van der Waals surface area (Å²) >= 11 is 5.60. The van der Waals surface area contributed by atoms with Crippen LogP contribution < -0.4 is 0 Å². The number of hydrogen-bond acceptors (Lipinski definition) is 1. The highest BCUT2D eigenvalue weighted by atomic mass is 79.9. The molecule has 1 unspecified atom stereocenters. The van der Waals surface area contributed by atoms with Crippen molar-refractivity contribution in [1.82, 2.24) is 0 Å². The highest BCUT2D eigenvalue weighted by molar-refractivity contribution is 9.09. The van der Waals surface area contributed by atoms with Crippen LogP contribution in [0.4, 0.5) is 0 Å². The van der Waals surface area contributed by atoms with Gasteiger partial charge in [0.25, 0.3) is 0 Å². The van der Waals surface area contributed by atoms with E-state index in [0.29, 0.717) is 4.83 Å². The molecular weight excluding hydrogens is 316 g/mol. The summed E-state index contributed by atoms with van der Waals surface area (Å²) in [5.74, 6) is 0. The lowest BCUT2D eigenvalue weighted by atomic mass is 10.0. The number of benzene rings is 2. The SMILES string of the molecule is Cc1cscc1C(Br)Cc1ccc2ccccc2c1. The van der Waals surface area contributed by atoms with Crippen molar-refractivity contribution in [2.75, 3.05) is 0 Å². The van der Waals surface area contributed by atoms with Crippen LogP contribution in [0.3, 0.4) is 0 Å². The Morgan fingerprint density at radius 3 is 2.58 bits per heavy atom. The third-order valence-corrected chi connectivity index (χ3v) is 5.16. The molecule has 0 bridgehead atoms. The predicted molar refractivity (Wildman–Crippen MR) is 88.4 cm³/mol. The fourth-order valence-electron chi connectivity index (χ4n) is 2.37. The molecule has 2 aromatic carbocycles. The van der Waals surface area contributed by atoms with Crippen molar-refractivity contribution < 1.29 is 0 Å². The van der Waals surface area contributed by atoms with Crippen molar-refractivity contribution in [3.05, 3.63) is 69.9 Å². The molecule has 0 N–H and O–H groups in total. The topological polar surface area (TPSA) is 0 Å². The molecule has 0 amide bonds. The van der Waals surface area contributed by atoms with Crippen LogP contribution in [0.2, 0.25) is 0 Å². The normalized spacial score (nSPS) is 12.7. The number of fused-ring (bicyclic) bond motifs is 1. The van der Waals surface area contributed by atoms with Gasteiger partial charge in [-0.3, -0.25) is 0 Å². The smallest absolute Gasteiger partial charge is 0.0446 e. The van der Waals surface area contributed by atoms with E-state index in [0.717, 1.165) is 6.42 Å². The van der Waals surface area contributed by atoms with Gasteiger partial charge in [-0.1, -0.05) is 58.4 Å². The molecule has 0 nitrogen and oxygen atoms in total. The van der Waals surface area contributed by atoms with Gasteiger partial charge >= 0.3 is 0 Å². The number of alkyl halides is 1. The largest absolute Gasteiger partial charge is 0.152 e. The van der Waals surface area contributed by atoms with Crippen molar-refractivity contribution in [1.29, 1.82) is 0 Å². The lowest BCUT2D eigenvalue weighted by Crippen LogP contribution is -1.95. The van der Waals surface area contributed by atoms with Crippen LogP contribution in [0.15, 0.2) is 53.2 Å². The van der Waals surface area contributed by atoms with E-state index in [1.54, 1.807) is 11.3 Å². The lowest BCUT2D eigenvalue weighted by molar-refractivity contribution is 0.947. The number of hydrogen-bond donors (Lipinski definition) is 0. The van der Waals surface area contributed by atoms with Crippen LogP contribution >= 0.6 is 27.3 Å². The molecule has 0 spiro atoms. The minimum atomic E-state index is 0.403. The average Bonchev–Trinajstić information content (AvgIpc) is 2.85. The summed E-state index contributed by atoms with van der Waals surface area (Å²) < 4.78 is 0. The summed E-state index contributed by atoms with van der Waals surface area (Å²) in [4.78, 5) is 0.403. The monoisotopic (exact) mass is 330 g/mol. The van der Waals surface area contributed by atoms with E-state index in [-0.39, 0.29) is 0 Å². The second kappa shape index (κ2) is 5.48. The number of aryl methyl sites for hydroxylation is 1. The lowest BCUT2D eigenvalue weighted by Gasteiger charge is -2.10. The Morgan fingerprint density at radius 1 is 1.05 bits per heavy atom. The molecule has 0 saturated carbocycles. The quantitative estimate of drug-likeness (QED) is 0.525. The van der Waals surface area contributed by atoms with Crippen LogP contribution in [0.5, 0.6) is 0 Å². The standard InChI is InChI=1S/C17H15BrS/c1-12-10-19-11-16(12)17(18)9-13-6-7-14-4-2-3-5-15(14)8-13/h2-8,10-11,17H,9H2,1H3. The molecule has 1 heterocycles. The minimum Gasteiger partial charge on any atom is -0.152 e. The second-order valence-corrected chi connectivity index (χ2v) is 6.71. The van der Waals surface area contributed by atoms with Crippen LogP contribution in [-0.4, -0.2) is 0 Å². The number of halogens is 1. The molecule has 1 atom stereocenters. The van der Waals surface area contributed by atoms with Gasteiger partial charge in [0.05, 0.1) is 0 Å². The van der Waals surface area contributed by atoms with E-state index in [2.05, 4.69) is 76.1 Å². The van der Waals surface area contributed by atoms with E-state index in [1.807, 2.05) is 0 Å². The Hall–Kier alpha value is -1.12. The molecule has 3 aromatic rings. The van der Waals surface area contributed by atoms with E-state index in [9.17, 15) is 0 Å². The van der Waals surface area contributed by atoms with Gasteiger partial charge in [0.1, 0.15) is 0 Å². The Kier molecular flexibility index (Phi) is 3.72.